The van der Waals surface area contributed by atoms with Gasteiger partial charge < -0.3 is 4.52 Å². The van der Waals surface area contributed by atoms with Crippen molar-refractivity contribution in [1.82, 2.24) is 14.9 Å². The Hall–Kier alpha value is -2.58. The van der Waals surface area contributed by atoms with Crippen LogP contribution in [0.25, 0.3) is 22.8 Å². The van der Waals surface area contributed by atoms with Gasteiger partial charge in [0.05, 0.1) is 10.5 Å². The van der Waals surface area contributed by atoms with Gasteiger partial charge in [0.25, 0.3) is 5.89 Å². The molecule has 0 radical (unpaired) electrons. The van der Waals surface area contributed by atoms with Crippen LogP contribution in [0.3, 0.4) is 0 Å². The molecule has 3 aromatic rings. The molecule has 0 saturated carbocycles. The van der Waals surface area contributed by atoms with Gasteiger partial charge in [-0.1, -0.05) is 43.3 Å². The van der Waals surface area contributed by atoms with E-state index in [0.29, 0.717) is 23.6 Å². The third-order valence-electron chi connectivity index (χ3n) is 3.93. The Bertz CT molecular complexity index is 1030. The summed E-state index contributed by atoms with van der Waals surface area (Å²) in [6, 6.07) is 12.2. The van der Waals surface area contributed by atoms with E-state index in [9.17, 15) is 12.8 Å². The van der Waals surface area contributed by atoms with Crippen LogP contribution in [0.1, 0.15) is 20.3 Å². The van der Waals surface area contributed by atoms with Gasteiger partial charge in [0.15, 0.2) is 0 Å². The number of rotatable bonds is 7. The van der Waals surface area contributed by atoms with E-state index >= 15 is 0 Å². The number of nitrogens with one attached hydrogen (secondary N) is 1. The number of hydrogen-bond acceptors (Lipinski definition) is 5. The normalized spacial score (nSPS) is 11.9. The quantitative estimate of drug-likeness (QED) is 0.663. The summed E-state index contributed by atoms with van der Waals surface area (Å²) in [4.78, 5) is 4.30. The highest BCUT2D eigenvalue weighted by atomic mass is 32.2. The van der Waals surface area contributed by atoms with E-state index in [1.807, 2.05) is 13.8 Å². The van der Waals surface area contributed by atoms with Crippen molar-refractivity contribution in [2.45, 2.75) is 25.2 Å². The van der Waals surface area contributed by atoms with Gasteiger partial charge in [-0.15, -0.1) is 0 Å². The molecule has 1 aromatic heterocycles. The summed E-state index contributed by atoms with van der Waals surface area (Å²) in [5, 5.41) is 3.84. The largest absolute Gasteiger partial charge is 0.334 e. The molecule has 1 N–H and O–H groups in total. The molecule has 0 atom stereocenters. The van der Waals surface area contributed by atoms with Gasteiger partial charge >= 0.3 is 0 Å². The van der Waals surface area contributed by atoms with Gasteiger partial charge in [-0.05, 0) is 36.6 Å². The van der Waals surface area contributed by atoms with Gasteiger partial charge in [-0.2, -0.15) is 4.98 Å². The monoisotopic (exact) mass is 389 g/mol. The van der Waals surface area contributed by atoms with Crippen molar-refractivity contribution < 1.29 is 17.3 Å². The number of hydrogen-bond donors (Lipinski definition) is 1. The highest BCUT2D eigenvalue weighted by Gasteiger charge is 2.22. The minimum absolute atomic E-state index is 0.0547. The van der Waals surface area contributed by atoms with Crippen LogP contribution in [-0.4, -0.2) is 25.1 Å². The molecular formula is C19H20FN3O3S. The molecule has 0 spiro atoms. The molecule has 3 rings (SSSR count). The van der Waals surface area contributed by atoms with E-state index in [2.05, 4.69) is 14.9 Å². The molecule has 0 aliphatic heterocycles. The lowest BCUT2D eigenvalue weighted by molar-refractivity contribution is 0.431. The van der Waals surface area contributed by atoms with Gasteiger partial charge in [-0.3, -0.25) is 0 Å². The van der Waals surface area contributed by atoms with E-state index in [0.717, 1.165) is 6.42 Å². The maximum atomic E-state index is 13.4. The zero-order valence-corrected chi connectivity index (χ0v) is 15.8. The lowest BCUT2D eigenvalue weighted by Crippen LogP contribution is -2.26. The van der Waals surface area contributed by atoms with Crippen molar-refractivity contribution in [2.24, 2.45) is 5.92 Å². The molecule has 0 unspecified atom stereocenters. The molecule has 27 heavy (non-hydrogen) atoms. The summed E-state index contributed by atoms with van der Waals surface area (Å²) in [5.74, 6) is 0.201. The number of benzene rings is 2. The molecule has 2 aromatic carbocycles. The van der Waals surface area contributed by atoms with Crippen molar-refractivity contribution in [3.8, 4) is 22.8 Å². The molecular weight excluding hydrogens is 369 g/mol. The molecule has 142 valence electrons. The van der Waals surface area contributed by atoms with E-state index in [1.165, 1.54) is 24.3 Å². The van der Waals surface area contributed by atoms with E-state index < -0.39 is 15.8 Å². The van der Waals surface area contributed by atoms with Gasteiger partial charge in [-0.25, -0.2) is 17.5 Å². The minimum Gasteiger partial charge on any atom is -0.334 e. The Morgan fingerprint density at radius 2 is 1.93 bits per heavy atom. The Balaban J connectivity index is 1.93. The molecule has 0 aliphatic rings. The first-order valence-corrected chi connectivity index (χ1v) is 10.0. The predicted molar refractivity (Wildman–Crippen MR) is 99.8 cm³/mol. The van der Waals surface area contributed by atoms with E-state index in [4.69, 9.17) is 4.52 Å². The molecule has 0 fully saturated rings. The average molecular weight is 389 g/mol. The van der Waals surface area contributed by atoms with Crippen LogP contribution >= 0.6 is 0 Å². The topological polar surface area (TPSA) is 85.1 Å². The molecule has 8 heteroatoms. The fraction of sp³-hybridized carbons (Fsp3) is 0.263. The summed E-state index contributed by atoms with van der Waals surface area (Å²) in [6.07, 6.45) is 0.728. The summed E-state index contributed by atoms with van der Waals surface area (Å²) < 4.78 is 46.6. The molecule has 0 saturated heterocycles. The van der Waals surface area contributed by atoms with Gasteiger partial charge in [0.2, 0.25) is 15.8 Å². The van der Waals surface area contributed by atoms with Crippen LogP contribution < -0.4 is 4.72 Å². The summed E-state index contributed by atoms with van der Waals surface area (Å²) >= 11 is 0. The lowest BCUT2D eigenvalue weighted by atomic mass is 10.1. The van der Waals surface area contributed by atoms with Crippen LogP contribution in [0.4, 0.5) is 4.39 Å². The van der Waals surface area contributed by atoms with E-state index in [1.54, 1.807) is 24.3 Å². The van der Waals surface area contributed by atoms with Crippen LogP contribution in [0.2, 0.25) is 0 Å². The SMILES string of the molecule is CC(C)CCNS(=O)(=O)c1ccccc1-c1nc(-c2cccc(F)c2)no1. The number of aromatic nitrogens is 2. The summed E-state index contributed by atoms with van der Waals surface area (Å²) in [6.45, 7) is 4.38. The van der Waals surface area contributed by atoms with Crippen molar-refractivity contribution in [3.63, 3.8) is 0 Å². The minimum atomic E-state index is -3.73. The zero-order valence-electron chi connectivity index (χ0n) is 15.0. The molecule has 0 aliphatic carbocycles. The first-order chi connectivity index (χ1) is 12.9. The fourth-order valence-electron chi connectivity index (χ4n) is 2.52. The van der Waals surface area contributed by atoms with Crippen molar-refractivity contribution in [1.29, 1.82) is 0 Å². The van der Waals surface area contributed by atoms with Crippen molar-refractivity contribution >= 4 is 10.0 Å². The Morgan fingerprint density at radius 3 is 2.67 bits per heavy atom. The Morgan fingerprint density at radius 1 is 1.15 bits per heavy atom. The zero-order chi connectivity index (χ0) is 19.4. The first kappa shape index (κ1) is 19.2. The number of sulfonamides is 1. The Kier molecular flexibility index (Phi) is 5.67. The van der Waals surface area contributed by atoms with Crippen molar-refractivity contribution in [2.75, 3.05) is 6.54 Å². The van der Waals surface area contributed by atoms with Crippen LogP contribution in [0.5, 0.6) is 0 Å². The fourth-order valence-corrected chi connectivity index (χ4v) is 3.76. The van der Waals surface area contributed by atoms with Crippen LogP contribution in [-0.2, 0) is 10.0 Å². The predicted octanol–water partition coefficient (Wildman–Crippen LogP) is 3.87. The summed E-state index contributed by atoms with van der Waals surface area (Å²) in [5.41, 5.74) is 0.741. The highest BCUT2D eigenvalue weighted by molar-refractivity contribution is 7.89. The third kappa shape index (κ3) is 4.58. The second-order valence-corrected chi connectivity index (χ2v) is 8.25. The number of halogens is 1. The third-order valence-corrected chi connectivity index (χ3v) is 5.45. The molecule has 1 heterocycles. The second-order valence-electron chi connectivity index (χ2n) is 6.51. The van der Waals surface area contributed by atoms with Gasteiger partial charge in [0, 0.05) is 12.1 Å². The Labute approximate surface area is 157 Å². The first-order valence-electron chi connectivity index (χ1n) is 8.55. The number of nitrogens with zero attached hydrogens (tertiary/aromatic N) is 2. The van der Waals surface area contributed by atoms with Crippen molar-refractivity contribution in [3.05, 3.63) is 54.3 Å². The molecule has 0 bridgehead atoms. The van der Waals surface area contributed by atoms with Gasteiger partial charge in [0.1, 0.15) is 5.82 Å². The smallest absolute Gasteiger partial charge is 0.259 e. The second kappa shape index (κ2) is 7.98. The molecule has 6 nitrogen and oxygen atoms in total. The maximum absolute atomic E-state index is 13.4. The summed E-state index contributed by atoms with van der Waals surface area (Å²) in [7, 11) is -3.73. The highest BCUT2D eigenvalue weighted by Crippen LogP contribution is 2.28. The van der Waals surface area contributed by atoms with Crippen LogP contribution in [0.15, 0.2) is 57.9 Å². The lowest BCUT2D eigenvalue weighted by Gasteiger charge is -2.10. The van der Waals surface area contributed by atoms with Crippen LogP contribution in [0, 0.1) is 11.7 Å². The standard InChI is InChI=1S/C19H20FN3O3S/c1-13(2)10-11-21-27(24,25)17-9-4-3-8-16(17)19-22-18(23-26-19)14-6-5-7-15(20)12-14/h3-9,12-13,21H,10-11H2,1-2H3. The maximum Gasteiger partial charge on any atom is 0.259 e. The molecule has 0 amide bonds. The van der Waals surface area contributed by atoms with E-state index in [-0.39, 0.29) is 16.6 Å². The average Bonchev–Trinajstić information content (AvgIpc) is 3.11.